The first-order chi connectivity index (χ1) is 19.0. The summed E-state index contributed by atoms with van der Waals surface area (Å²) in [6.07, 6.45) is -5.31. The topological polar surface area (TPSA) is 78.6 Å². The number of esters is 2. The Morgan fingerprint density at radius 1 is 0.900 bits per heavy atom. The summed E-state index contributed by atoms with van der Waals surface area (Å²) in [5.74, 6) is -0.471. The summed E-state index contributed by atoms with van der Waals surface area (Å²) in [5.41, 5.74) is 3.96. The van der Waals surface area contributed by atoms with Gasteiger partial charge in [0.2, 0.25) is 0 Å². The van der Waals surface area contributed by atoms with Gasteiger partial charge in [-0.15, -0.1) is 0 Å². The van der Waals surface area contributed by atoms with Gasteiger partial charge in [-0.3, -0.25) is 9.59 Å². The summed E-state index contributed by atoms with van der Waals surface area (Å²) in [5, 5.41) is 4.00. The van der Waals surface area contributed by atoms with Crippen molar-refractivity contribution in [3.8, 4) is 22.5 Å². The molecule has 0 saturated heterocycles. The first-order valence-corrected chi connectivity index (χ1v) is 12.7. The van der Waals surface area contributed by atoms with Gasteiger partial charge < -0.3 is 14.0 Å². The molecule has 0 saturated carbocycles. The van der Waals surface area contributed by atoms with Crippen molar-refractivity contribution in [2.45, 2.75) is 45.9 Å². The second kappa shape index (κ2) is 12.2. The van der Waals surface area contributed by atoms with E-state index in [2.05, 4.69) is 5.16 Å². The summed E-state index contributed by atoms with van der Waals surface area (Å²) in [7, 11) is 0. The van der Waals surface area contributed by atoms with Crippen molar-refractivity contribution in [1.82, 2.24) is 5.16 Å². The Morgan fingerprint density at radius 3 is 2.15 bits per heavy atom. The number of carbonyl (C=O) groups excluding carboxylic acids is 2. The maximum Gasteiger partial charge on any atom is 0.416 e. The van der Waals surface area contributed by atoms with Crippen LogP contribution in [0, 0.1) is 6.92 Å². The van der Waals surface area contributed by atoms with Crippen LogP contribution >= 0.6 is 0 Å². The Labute approximate surface area is 229 Å². The highest BCUT2D eigenvalue weighted by molar-refractivity contribution is 5.78. The fraction of sp³-hybridized carbons (Fsp3) is 0.258. The van der Waals surface area contributed by atoms with Crippen LogP contribution in [0.25, 0.3) is 22.5 Å². The number of aromatic nitrogens is 1. The zero-order valence-electron chi connectivity index (χ0n) is 22.2. The number of halogens is 3. The number of aryl methyl sites for hydroxylation is 1. The fourth-order valence-corrected chi connectivity index (χ4v) is 4.25. The summed E-state index contributed by atoms with van der Waals surface area (Å²) >= 11 is 0. The van der Waals surface area contributed by atoms with Gasteiger partial charge in [0.25, 0.3) is 0 Å². The molecule has 40 heavy (non-hydrogen) atoms. The molecular weight excluding hydrogens is 523 g/mol. The van der Waals surface area contributed by atoms with E-state index in [0.717, 1.165) is 28.8 Å². The molecule has 0 spiro atoms. The molecule has 0 amide bonds. The normalized spacial score (nSPS) is 12.2. The van der Waals surface area contributed by atoms with Gasteiger partial charge in [0.1, 0.15) is 6.10 Å². The molecule has 6 nitrogen and oxygen atoms in total. The van der Waals surface area contributed by atoms with E-state index in [1.807, 2.05) is 48.5 Å². The highest BCUT2D eigenvalue weighted by Crippen LogP contribution is 2.32. The van der Waals surface area contributed by atoms with Crippen LogP contribution in [0.1, 0.15) is 47.9 Å². The zero-order chi connectivity index (χ0) is 28.9. The zero-order valence-corrected chi connectivity index (χ0v) is 22.2. The lowest BCUT2D eigenvalue weighted by molar-refractivity contribution is -0.148. The van der Waals surface area contributed by atoms with Crippen LogP contribution in [0.3, 0.4) is 0 Å². The molecule has 1 unspecified atom stereocenters. The largest absolute Gasteiger partial charge is 0.466 e. The standard InChI is InChI=1S/C31H28F3NO5/c1-4-38-28(36)16-21-8-10-22(11-9-21)23-12-14-24(15-13-23)30-27(19(2)35-40-30)18-29(37)39-20(3)25-6-5-7-26(17-25)31(32,33)34/h5-15,17,20H,4,16,18H2,1-3H3. The quantitative estimate of drug-likeness (QED) is 0.203. The van der Waals surface area contributed by atoms with Crippen molar-refractivity contribution in [1.29, 1.82) is 0 Å². The van der Waals surface area contributed by atoms with E-state index >= 15 is 0 Å². The Bertz CT molecular complexity index is 1470. The predicted octanol–water partition coefficient (Wildman–Crippen LogP) is 7.29. The number of nitrogens with zero attached hydrogens (tertiary/aromatic N) is 1. The van der Waals surface area contributed by atoms with Gasteiger partial charge in [-0.1, -0.05) is 65.8 Å². The number of hydrogen-bond donors (Lipinski definition) is 0. The van der Waals surface area contributed by atoms with E-state index in [1.165, 1.54) is 19.1 Å². The van der Waals surface area contributed by atoms with Gasteiger partial charge in [0.05, 0.1) is 30.7 Å². The molecule has 0 bridgehead atoms. The number of hydrogen-bond acceptors (Lipinski definition) is 6. The van der Waals surface area contributed by atoms with Gasteiger partial charge in [0.15, 0.2) is 5.76 Å². The van der Waals surface area contributed by atoms with Crippen molar-refractivity contribution in [2.75, 3.05) is 6.61 Å². The molecule has 0 fully saturated rings. The highest BCUT2D eigenvalue weighted by atomic mass is 19.4. The minimum Gasteiger partial charge on any atom is -0.466 e. The molecule has 0 N–H and O–H groups in total. The highest BCUT2D eigenvalue weighted by Gasteiger charge is 2.31. The van der Waals surface area contributed by atoms with Gasteiger partial charge in [-0.25, -0.2) is 0 Å². The molecule has 0 aliphatic carbocycles. The lowest BCUT2D eigenvalue weighted by Gasteiger charge is -2.15. The lowest BCUT2D eigenvalue weighted by Crippen LogP contribution is -2.13. The van der Waals surface area contributed by atoms with E-state index < -0.39 is 23.8 Å². The monoisotopic (exact) mass is 551 g/mol. The molecule has 0 aliphatic rings. The molecule has 0 aliphatic heterocycles. The Kier molecular flexibility index (Phi) is 8.72. The van der Waals surface area contributed by atoms with Crippen LogP contribution in [0.15, 0.2) is 77.3 Å². The number of benzene rings is 3. The van der Waals surface area contributed by atoms with Crippen molar-refractivity contribution in [2.24, 2.45) is 0 Å². The smallest absolute Gasteiger partial charge is 0.416 e. The van der Waals surface area contributed by atoms with Gasteiger partial charge in [0, 0.05) is 11.1 Å². The van der Waals surface area contributed by atoms with E-state index in [9.17, 15) is 22.8 Å². The van der Waals surface area contributed by atoms with Crippen LogP contribution in [-0.4, -0.2) is 23.7 Å². The molecular formula is C31H28F3NO5. The number of carbonyl (C=O) groups is 2. The summed E-state index contributed by atoms with van der Waals surface area (Å²) in [6.45, 7) is 5.34. The maximum atomic E-state index is 13.1. The van der Waals surface area contributed by atoms with E-state index in [1.54, 1.807) is 13.8 Å². The summed E-state index contributed by atoms with van der Waals surface area (Å²) < 4.78 is 55.1. The molecule has 1 atom stereocenters. The molecule has 3 aromatic carbocycles. The van der Waals surface area contributed by atoms with Gasteiger partial charge >= 0.3 is 18.1 Å². The molecule has 9 heteroatoms. The van der Waals surface area contributed by atoms with Crippen LogP contribution in [-0.2, 0) is 38.1 Å². The first kappa shape index (κ1) is 28.6. The Hall–Kier alpha value is -4.40. The second-order valence-electron chi connectivity index (χ2n) is 9.26. The first-order valence-electron chi connectivity index (χ1n) is 12.7. The van der Waals surface area contributed by atoms with E-state index in [-0.39, 0.29) is 24.4 Å². The number of ether oxygens (including phenoxy) is 2. The predicted molar refractivity (Wildman–Crippen MR) is 142 cm³/mol. The molecule has 4 aromatic rings. The minimum atomic E-state index is -4.49. The second-order valence-corrected chi connectivity index (χ2v) is 9.26. The lowest BCUT2D eigenvalue weighted by atomic mass is 9.99. The van der Waals surface area contributed by atoms with Crippen LogP contribution in [0.4, 0.5) is 13.2 Å². The van der Waals surface area contributed by atoms with Crippen molar-refractivity contribution >= 4 is 11.9 Å². The van der Waals surface area contributed by atoms with Crippen LogP contribution < -0.4 is 0 Å². The SMILES string of the molecule is CCOC(=O)Cc1ccc(-c2ccc(-c3onc(C)c3CC(=O)OC(C)c3cccc(C(F)(F)F)c3)cc2)cc1. The number of alkyl halides is 3. The molecule has 1 heterocycles. The molecule has 208 valence electrons. The van der Waals surface area contributed by atoms with Crippen LogP contribution in [0.2, 0.25) is 0 Å². The summed E-state index contributed by atoms with van der Waals surface area (Å²) in [6, 6.07) is 19.8. The fourth-order valence-electron chi connectivity index (χ4n) is 4.25. The average Bonchev–Trinajstić information content (AvgIpc) is 3.28. The maximum absolute atomic E-state index is 13.1. The third-order valence-electron chi connectivity index (χ3n) is 6.39. The average molecular weight is 552 g/mol. The van der Waals surface area contributed by atoms with Gasteiger partial charge in [-0.05, 0) is 55.2 Å². The van der Waals surface area contributed by atoms with Gasteiger partial charge in [-0.2, -0.15) is 13.2 Å². The Morgan fingerprint density at radius 2 is 1.52 bits per heavy atom. The van der Waals surface area contributed by atoms with Crippen LogP contribution in [0.5, 0.6) is 0 Å². The third kappa shape index (κ3) is 6.97. The summed E-state index contributed by atoms with van der Waals surface area (Å²) in [4.78, 5) is 24.4. The third-order valence-corrected chi connectivity index (χ3v) is 6.39. The number of rotatable bonds is 9. The molecule has 1 aromatic heterocycles. The van der Waals surface area contributed by atoms with Crippen molar-refractivity contribution in [3.05, 3.63) is 101 Å². The minimum absolute atomic E-state index is 0.155. The molecule has 4 rings (SSSR count). The Balaban J connectivity index is 1.44. The van der Waals surface area contributed by atoms with Crippen molar-refractivity contribution < 1.29 is 36.8 Å². The molecule has 0 radical (unpaired) electrons. The van der Waals surface area contributed by atoms with E-state index in [0.29, 0.717) is 29.2 Å². The van der Waals surface area contributed by atoms with E-state index in [4.69, 9.17) is 14.0 Å². The van der Waals surface area contributed by atoms with Crippen molar-refractivity contribution in [3.63, 3.8) is 0 Å².